The quantitative estimate of drug-likeness (QED) is 0.908. The zero-order chi connectivity index (χ0) is 13.9. The predicted octanol–water partition coefficient (Wildman–Crippen LogP) is 3.16. The Bertz CT molecular complexity index is 592. The van der Waals surface area contributed by atoms with Gasteiger partial charge in [0.2, 0.25) is 0 Å². The molecule has 0 radical (unpaired) electrons. The van der Waals surface area contributed by atoms with Crippen LogP contribution in [0.25, 0.3) is 0 Å². The summed E-state index contributed by atoms with van der Waals surface area (Å²) in [6, 6.07) is 8.67. The van der Waals surface area contributed by atoms with E-state index in [0.717, 1.165) is 36.6 Å². The molecule has 1 aliphatic carbocycles. The lowest BCUT2D eigenvalue weighted by molar-refractivity contribution is 0.247. The number of aryl methyl sites for hydroxylation is 1. The Hall–Kier alpha value is -1.81. The molecule has 1 aliphatic rings. The first-order chi connectivity index (χ1) is 9.78. The summed E-state index contributed by atoms with van der Waals surface area (Å²) < 4.78 is 11.1. The average Bonchev–Trinajstić information content (AvgIpc) is 3.04. The van der Waals surface area contributed by atoms with Crippen molar-refractivity contribution >= 4 is 0 Å². The van der Waals surface area contributed by atoms with E-state index in [1.54, 1.807) is 0 Å². The van der Waals surface area contributed by atoms with Crippen molar-refractivity contribution in [3.63, 3.8) is 0 Å². The highest BCUT2D eigenvalue weighted by atomic mass is 16.5. The fourth-order valence-electron chi connectivity index (χ4n) is 2.85. The number of hydrogen-bond acceptors (Lipinski definition) is 4. The molecule has 1 aromatic carbocycles. The van der Waals surface area contributed by atoms with E-state index in [0.29, 0.717) is 12.6 Å². The maximum absolute atomic E-state index is 5.91. The molecule has 3 rings (SSSR count). The third-order valence-electron chi connectivity index (χ3n) is 3.72. The van der Waals surface area contributed by atoms with Crippen LogP contribution in [0.2, 0.25) is 0 Å². The van der Waals surface area contributed by atoms with E-state index in [1.165, 1.54) is 11.1 Å². The van der Waals surface area contributed by atoms with Crippen LogP contribution in [0.4, 0.5) is 0 Å². The molecule has 0 spiro atoms. The van der Waals surface area contributed by atoms with Gasteiger partial charge in [0.1, 0.15) is 12.4 Å². The van der Waals surface area contributed by atoms with Crippen molar-refractivity contribution in [2.24, 2.45) is 0 Å². The molecule has 1 unspecified atom stereocenters. The van der Waals surface area contributed by atoms with Gasteiger partial charge in [-0.1, -0.05) is 24.2 Å². The smallest absolute Gasteiger partial charge is 0.174 e. The summed E-state index contributed by atoms with van der Waals surface area (Å²) in [7, 11) is 0. The van der Waals surface area contributed by atoms with Crippen LogP contribution in [0.15, 0.2) is 28.8 Å². The Kier molecular flexibility index (Phi) is 3.74. The van der Waals surface area contributed by atoms with E-state index in [-0.39, 0.29) is 0 Å². The van der Waals surface area contributed by atoms with Crippen molar-refractivity contribution in [2.45, 2.75) is 39.3 Å². The van der Waals surface area contributed by atoms with Gasteiger partial charge in [-0.2, -0.15) is 0 Å². The van der Waals surface area contributed by atoms with E-state index in [1.807, 2.05) is 19.1 Å². The van der Waals surface area contributed by atoms with E-state index in [4.69, 9.17) is 9.26 Å². The number of hydrogen-bond donors (Lipinski definition) is 1. The topological polar surface area (TPSA) is 47.3 Å². The molecule has 0 amide bonds. The first-order valence-electron chi connectivity index (χ1n) is 7.18. The van der Waals surface area contributed by atoms with Gasteiger partial charge >= 0.3 is 0 Å². The van der Waals surface area contributed by atoms with E-state index in [2.05, 4.69) is 29.5 Å². The molecule has 1 heterocycles. The summed E-state index contributed by atoms with van der Waals surface area (Å²) in [6.07, 6.45) is 2.21. The van der Waals surface area contributed by atoms with Crippen LogP contribution in [0, 0.1) is 6.92 Å². The van der Waals surface area contributed by atoms with Crippen molar-refractivity contribution in [1.82, 2.24) is 10.5 Å². The Balaban J connectivity index is 1.75. The monoisotopic (exact) mass is 272 g/mol. The standard InChI is InChI=1S/C16H20N2O2/c1-3-17-15-8-7-14-13(15)5-4-6-16(14)19-10-12-9-11(2)18-20-12/h4-6,9,15,17H,3,7-8,10H2,1-2H3. The number of rotatable bonds is 5. The molecule has 20 heavy (non-hydrogen) atoms. The second-order valence-corrected chi connectivity index (χ2v) is 5.20. The predicted molar refractivity (Wildman–Crippen MR) is 76.8 cm³/mol. The van der Waals surface area contributed by atoms with Gasteiger partial charge in [-0.25, -0.2) is 0 Å². The number of benzene rings is 1. The van der Waals surface area contributed by atoms with E-state index in [9.17, 15) is 0 Å². The van der Waals surface area contributed by atoms with Crippen molar-refractivity contribution < 1.29 is 9.26 Å². The van der Waals surface area contributed by atoms with Gasteiger partial charge in [0, 0.05) is 12.1 Å². The summed E-state index contributed by atoms with van der Waals surface area (Å²) >= 11 is 0. The van der Waals surface area contributed by atoms with Crippen molar-refractivity contribution in [3.8, 4) is 5.75 Å². The van der Waals surface area contributed by atoms with Crippen molar-refractivity contribution in [2.75, 3.05) is 6.54 Å². The van der Waals surface area contributed by atoms with Crippen LogP contribution >= 0.6 is 0 Å². The third kappa shape index (κ3) is 2.56. The molecule has 0 saturated carbocycles. The van der Waals surface area contributed by atoms with E-state index >= 15 is 0 Å². The summed E-state index contributed by atoms with van der Waals surface area (Å²) in [5.41, 5.74) is 3.59. The van der Waals surface area contributed by atoms with E-state index < -0.39 is 0 Å². The average molecular weight is 272 g/mol. The molecule has 0 bridgehead atoms. The highest BCUT2D eigenvalue weighted by molar-refractivity contribution is 5.45. The number of ether oxygens (including phenoxy) is 1. The minimum Gasteiger partial charge on any atom is -0.485 e. The third-order valence-corrected chi connectivity index (χ3v) is 3.72. The number of fused-ring (bicyclic) bond motifs is 1. The Morgan fingerprint density at radius 3 is 3.10 bits per heavy atom. The molecule has 2 aromatic rings. The molecule has 1 aromatic heterocycles. The van der Waals surface area contributed by atoms with Gasteiger partial charge in [0.05, 0.1) is 5.69 Å². The van der Waals surface area contributed by atoms with Gasteiger partial charge < -0.3 is 14.6 Å². The molecular formula is C16H20N2O2. The summed E-state index contributed by atoms with van der Waals surface area (Å²) in [4.78, 5) is 0. The van der Waals surface area contributed by atoms with Gasteiger partial charge in [0.15, 0.2) is 5.76 Å². The second kappa shape index (κ2) is 5.67. The van der Waals surface area contributed by atoms with Gasteiger partial charge in [-0.15, -0.1) is 0 Å². The fourth-order valence-corrected chi connectivity index (χ4v) is 2.85. The van der Waals surface area contributed by atoms with Crippen LogP contribution < -0.4 is 10.1 Å². The van der Waals surface area contributed by atoms with Crippen molar-refractivity contribution in [3.05, 3.63) is 46.8 Å². The minimum atomic E-state index is 0.434. The maximum atomic E-state index is 5.91. The SMILES string of the molecule is CCNC1CCc2c(OCc3cc(C)no3)cccc21. The normalized spacial score (nSPS) is 17.2. The first kappa shape index (κ1) is 13.2. The fraction of sp³-hybridized carbons (Fsp3) is 0.438. The molecular weight excluding hydrogens is 252 g/mol. The summed E-state index contributed by atoms with van der Waals surface area (Å²) in [5, 5.41) is 7.39. The molecule has 4 heteroatoms. The summed E-state index contributed by atoms with van der Waals surface area (Å²) in [5.74, 6) is 1.73. The number of nitrogens with zero attached hydrogens (tertiary/aromatic N) is 1. The zero-order valence-electron chi connectivity index (χ0n) is 12.0. The Morgan fingerprint density at radius 1 is 1.45 bits per heavy atom. The maximum Gasteiger partial charge on any atom is 0.174 e. The molecule has 1 atom stereocenters. The lowest BCUT2D eigenvalue weighted by atomic mass is 10.1. The van der Waals surface area contributed by atoms with Crippen LogP contribution in [0.5, 0.6) is 5.75 Å². The van der Waals surface area contributed by atoms with Crippen LogP contribution in [0.1, 0.15) is 42.0 Å². The number of aromatic nitrogens is 1. The minimum absolute atomic E-state index is 0.434. The highest BCUT2D eigenvalue weighted by Crippen LogP contribution is 2.37. The lowest BCUT2D eigenvalue weighted by Crippen LogP contribution is -2.18. The Morgan fingerprint density at radius 2 is 2.35 bits per heavy atom. The van der Waals surface area contributed by atoms with Gasteiger partial charge in [0.25, 0.3) is 0 Å². The molecule has 0 saturated heterocycles. The molecule has 106 valence electrons. The molecule has 0 fully saturated rings. The highest BCUT2D eigenvalue weighted by Gasteiger charge is 2.24. The zero-order valence-corrected chi connectivity index (χ0v) is 12.0. The van der Waals surface area contributed by atoms with Gasteiger partial charge in [-0.05, 0) is 43.5 Å². The largest absolute Gasteiger partial charge is 0.485 e. The Labute approximate surface area is 119 Å². The molecule has 1 N–H and O–H groups in total. The lowest BCUT2D eigenvalue weighted by Gasteiger charge is -2.13. The van der Waals surface area contributed by atoms with Crippen molar-refractivity contribution in [1.29, 1.82) is 0 Å². The van der Waals surface area contributed by atoms with Crippen LogP contribution in [0.3, 0.4) is 0 Å². The van der Waals surface area contributed by atoms with Crippen LogP contribution in [-0.2, 0) is 13.0 Å². The number of nitrogens with one attached hydrogen (secondary N) is 1. The second-order valence-electron chi connectivity index (χ2n) is 5.20. The van der Waals surface area contributed by atoms with Crippen LogP contribution in [-0.4, -0.2) is 11.7 Å². The first-order valence-corrected chi connectivity index (χ1v) is 7.18. The summed E-state index contributed by atoms with van der Waals surface area (Å²) in [6.45, 7) is 5.48. The van der Waals surface area contributed by atoms with Gasteiger partial charge in [-0.3, -0.25) is 0 Å². The molecule has 4 nitrogen and oxygen atoms in total. The molecule has 0 aliphatic heterocycles.